The summed E-state index contributed by atoms with van der Waals surface area (Å²) in [5.74, 6) is 1.32. The second kappa shape index (κ2) is 7.99. The summed E-state index contributed by atoms with van der Waals surface area (Å²) in [6.07, 6.45) is 1.58. The minimum Gasteiger partial charge on any atom is -0.495 e. The largest absolute Gasteiger partial charge is 0.495 e. The Morgan fingerprint density at radius 1 is 1.11 bits per heavy atom. The van der Waals surface area contributed by atoms with Crippen molar-refractivity contribution in [3.05, 3.63) is 28.4 Å². The zero-order chi connectivity index (χ0) is 19.6. The topological polar surface area (TPSA) is 115 Å². The number of methoxy groups -OCH3 is 2. The Kier molecular flexibility index (Phi) is 5.69. The molecule has 2 aromatic heterocycles. The van der Waals surface area contributed by atoms with Gasteiger partial charge in [0.1, 0.15) is 17.0 Å². The van der Waals surface area contributed by atoms with E-state index in [0.29, 0.717) is 49.5 Å². The quantitative estimate of drug-likeness (QED) is 0.568. The highest BCUT2D eigenvalue weighted by atomic mass is 35.5. The fourth-order valence-corrected chi connectivity index (χ4v) is 3.28. The minimum atomic E-state index is -0.0809. The standard InChI is InChI=1S/C17H17Cl2N5O3/c1-26-10-6-11(27-2)14(19)12(13(10)18)9-5-8-7-22-17(20)24-15(8)16(23-9)21-3-4-25/h5-7,25H,3-4H2,1-2H3,(H,21,23)(H2,20,22,24). The van der Waals surface area contributed by atoms with Gasteiger partial charge >= 0.3 is 0 Å². The lowest BCUT2D eigenvalue weighted by molar-refractivity contribution is 0.311. The predicted molar refractivity (Wildman–Crippen MR) is 106 cm³/mol. The number of nitrogens with zero attached hydrogens (tertiary/aromatic N) is 3. The zero-order valence-electron chi connectivity index (χ0n) is 14.6. The molecule has 0 spiro atoms. The van der Waals surface area contributed by atoms with Crippen LogP contribution >= 0.6 is 23.2 Å². The van der Waals surface area contributed by atoms with Crippen LogP contribution in [0.2, 0.25) is 10.0 Å². The van der Waals surface area contributed by atoms with Gasteiger partial charge in [-0.1, -0.05) is 23.2 Å². The first-order valence-electron chi connectivity index (χ1n) is 7.88. The van der Waals surface area contributed by atoms with E-state index in [-0.39, 0.29) is 19.1 Å². The van der Waals surface area contributed by atoms with Gasteiger partial charge in [-0.2, -0.15) is 0 Å². The van der Waals surface area contributed by atoms with Crippen molar-refractivity contribution in [3.8, 4) is 22.8 Å². The number of halogens is 2. The van der Waals surface area contributed by atoms with Crippen molar-refractivity contribution in [1.29, 1.82) is 0 Å². The van der Waals surface area contributed by atoms with Crippen molar-refractivity contribution < 1.29 is 14.6 Å². The van der Waals surface area contributed by atoms with Gasteiger partial charge in [-0.25, -0.2) is 15.0 Å². The van der Waals surface area contributed by atoms with E-state index in [9.17, 15) is 0 Å². The van der Waals surface area contributed by atoms with Gasteiger partial charge in [0, 0.05) is 29.8 Å². The molecule has 0 saturated heterocycles. The van der Waals surface area contributed by atoms with Gasteiger partial charge in [0.15, 0.2) is 5.82 Å². The number of aromatic nitrogens is 3. The summed E-state index contributed by atoms with van der Waals surface area (Å²) in [7, 11) is 2.99. The molecule has 0 aliphatic carbocycles. The molecule has 0 atom stereocenters. The molecule has 0 bridgehead atoms. The number of nitrogens with two attached hydrogens (primary N) is 1. The lowest BCUT2D eigenvalue weighted by atomic mass is 10.1. The molecule has 10 heteroatoms. The molecule has 0 saturated carbocycles. The Labute approximate surface area is 165 Å². The van der Waals surface area contributed by atoms with Gasteiger partial charge in [-0.15, -0.1) is 0 Å². The van der Waals surface area contributed by atoms with Crippen LogP contribution in [0.3, 0.4) is 0 Å². The van der Waals surface area contributed by atoms with Gasteiger partial charge < -0.3 is 25.6 Å². The van der Waals surface area contributed by atoms with Crippen LogP contribution in [0.4, 0.5) is 11.8 Å². The number of nitrogen functional groups attached to an aromatic ring is 1. The zero-order valence-corrected chi connectivity index (χ0v) is 16.1. The number of aliphatic hydroxyl groups is 1. The number of benzene rings is 1. The highest BCUT2D eigenvalue weighted by molar-refractivity contribution is 6.41. The first-order valence-corrected chi connectivity index (χ1v) is 8.64. The first kappa shape index (κ1) is 19.2. The summed E-state index contributed by atoms with van der Waals surface area (Å²) in [6, 6.07) is 3.34. The molecule has 1 aromatic carbocycles. The van der Waals surface area contributed by atoms with Crippen LogP contribution in [-0.4, -0.2) is 47.4 Å². The number of anilines is 2. The Morgan fingerprint density at radius 3 is 2.37 bits per heavy atom. The summed E-state index contributed by atoms with van der Waals surface area (Å²) in [4.78, 5) is 12.8. The Bertz CT molecular complexity index is 972. The second-order valence-corrected chi connectivity index (χ2v) is 6.21. The Balaban J connectivity index is 2.30. The third kappa shape index (κ3) is 3.64. The average Bonchev–Trinajstić information content (AvgIpc) is 2.66. The molecule has 3 rings (SSSR count). The third-order valence-corrected chi connectivity index (χ3v) is 4.57. The maximum Gasteiger partial charge on any atom is 0.220 e. The summed E-state index contributed by atoms with van der Waals surface area (Å²) in [5.41, 5.74) is 7.11. The van der Waals surface area contributed by atoms with Crippen molar-refractivity contribution in [2.75, 3.05) is 38.4 Å². The number of rotatable bonds is 6. The van der Waals surface area contributed by atoms with Crippen molar-refractivity contribution in [1.82, 2.24) is 15.0 Å². The lowest BCUT2D eigenvalue weighted by Crippen LogP contribution is -2.09. The van der Waals surface area contributed by atoms with Gasteiger partial charge in [-0.05, 0) is 6.07 Å². The van der Waals surface area contributed by atoms with Crippen LogP contribution in [0.25, 0.3) is 22.2 Å². The second-order valence-electron chi connectivity index (χ2n) is 5.46. The molecule has 0 unspecified atom stereocenters. The third-order valence-electron chi connectivity index (χ3n) is 3.82. The van der Waals surface area contributed by atoms with Crippen LogP contribution in [0.1, 0.15) is 0 Å². The van der Waals surface area contributed by atoms with Crippen LogP contribution < -0.4 is 20.5 Å². The number of ether oxygens (including phenoxy) is 2. The summed E-state index contributed by atoms with van der Waals surface area (Å²) >= 11 is 13.0. The maximum absolute atomic E-state index is 9.14. The summed E-state index contributed by atoms with van der Waals surface area (Å²) in [6.45, 7) is 0.195. The van der Waals surface area contributed by atoms with Crippen molar-refractivity contribution in [2.24, 2.45) is 0 Å². The van der Waals surface area contributed by atoms with Crippen molar-refractivity contribution >= 4 is 45.9 Å². The molecule has 3 aromatic rings. The van der Waals surface area contributed by atoms with Crippen LogP contribution in [0.15, 0.2) is 18.3 Å². The number of nitrogens with one attached hydrogen (secondary N) is 1. The fraction of sp³-hybridized carbons (Fsp3) is 0.235. The predicted octanol–water partition coefficient (Wildman–Crippen LogP) is 3.00. The molecular formula is C17H17Cl2N5O3. The molecular weight excluding hydrogens is 393 g/mol. The fourth-order valence-electron chi connectivity index (χ4n) is 2.59. The Hall–Kier alpha value is -2.55. The van der Waals surface area contributed by atoms with Gasteiger partial charge in [0.05, 0.1) is 36.6 Å². The van der Waals surface area contributed by atoms with Crippen LogP contribution in [0, 0.1) is 0 Å². The SMILES string of the molecule is COc1cc(OC)c(Cl)c(-c2cc3cnc(N)nc3c(NCCO)n2)c1Cl. The number of fused-ring (bicyclic) bond motifs is 1. The summed E-state index contributed by atoms with van der Waals surface area (Å²) in [5, 5.41) is 13.4. The number of pyridine rings is 1. The minimum absolute atomic E-state index is 0.0809. The summed E-state index contributed by atoms with van der Waals surface area (Å²) < 4.78 is 10.6. The molecule has 27 heavy (non-hydrogen) atoms. The Morgan fingerprint density at radius 2 is 1.78 bits per heavy atom. The number of hydrogen-bond donors (Lipinski definition) is 3. The van der Waals surface area contributed by atoms with Gasteiger partial charge in [0.2, 0.25) is 5.95 Å². The van der Waals surface area contributed by atoms with Crippen LogP contribution in [0.5, 0.6) is 11.5 Å². The normalized spacial score (nSPS) is 10.9. The van der Waals surface area contributed by atoms with E-state index in [1.807, 2.05) is 0 Å². The lowest BCUT2D eigenvalue weighted by Gasteiger charge is -2.16. The van der Waals surface area contributed by atoms with Crippen LogP contribution in [-0.2, 0) is 0 Å². The van der Waals surface area contributed by atoms with Gasteiger partial charge in [-0.3, -0.25) is 0 Å². The smallest absolute Gasteiger partial charge is 0.220 e. The van der Waals surface area contributed by atoms with E-state index in [1.165, 1.54) is 14.2 Å². The molecule has 0 aliphatic rings. The average molecular weight is 410 g/mol. The highest BCUT2D eigenvalue weighted by Crippen LogP contribution is 2.46. The molecule has 142 valence electrons. The molecule has 0 amide bonds. The molecule has 0 radical (unpaired) electrons. The van der Waals surface area contributed by atoms with E-state index in [1.54, 1.807) is 18.3 Å². The van der Waals surface area contributed by atoms with E-state index in [4.69, 9.17) is 43.5 Å². The monoisotopic (exact) mass is 409 g/mol. The first-order chi connectivity index (χ1) is 13.0. The van der Waals surface area contributed by atoms with E-state index in [2.05, 4.69) is 20.3 Å². The van der Waals surface area contributed by atoms with Crippen molar-refractivity contribution in [2.45, 2.75) is 0 Å². The van der Waals surface area contributed by atoms with Gasteiger partial charge in [0.25, 0.3) is 0 Å². The molecule has 8 nitrogen and oxygen atoms in total. The molecule has 4 N–H and O–H groups in total. The highest BCUT2D eigenvalue weighted by Gasteiger charge is 2.21. The van der Waals surface area contributed by atoms with Crippen molar-refractivity contribution in [3.63, 3.8) is 0 Å². The number of aliphatic hydroxyl groups excluding tert-OH is 1. The molecule has 0 fully saturated rings. The molecule has 2 heterocycles. The number of hydrogen-bond acceptors (Lipinski definition) is 8. The molecule has 0 aliphatic heterocycles. The van der Waals surface area contributed by atoms with E-state index in [0.717, 1.165) is 0 Å². The van der Waals surface area contributed by atoms with E-state index >= 15 is 0 Å². The van der Waals surface area contributed by atoms with E-state index < -0.39 is 0 Å². The maximum atomic E-state index is 9.14.